The van der Waals surface area contributed by atoms with Crippen LogP contribution in [0.5, 0.6) is 0 Å². The van der Waals surface area contributed by atoms with Gasteiger partial charge in [0.2, 0.25) is 0 Å². The zero-order chi connectivity index (χ0) is 7.40. The Hall–Kier alpha value is -0.770. The summed E-state index contributed by atoms with van der Waals surface area (Å²) >= 11 is 0. The average Bonchev–Trinajstić information content (AvgIpc) is 2.05. The molecule has 0 aliphatic carbocycles. The number of hydrogen-bond acceptors (Lipinski definition) is 2. The molecule has 58 valence electrons. The Balaban J connectivity index is 2.31. The van der Waals surface area contributed by atoms with Crippen molar-refractivity contribution in [3.05, 3.63) is 0 Å². The highest BCUT2D eigenvalue weighted by Gasteiger charge is 2.15. The van der Waals surface area contributed by atoms with Crippen molar-refractivity contribution in [1.29, 1.82) is 0 Å². The number of nitrogens with one attached hydrogen (secondary N) is 1. The van der Waals surface area contributed by atoms with Crippen molar-refractivity contribution in [2.45, 2.75) is 12.8 Å². The zero-order valence-corrected chi connectivity index (χ0v) is 6.09. The van der Waals surface area contributed by atoms with Crippen molar-refractivity contribution in [3.8, 4) is 0 Å². The highest BCUT2D eigenvalue weighted by Crippen LogP contribution is 2.04. The fourth-order valence-electron chi connectivity index (χ4n) is 0.882. The predicted octanol–water partition coefficient (Wildman–Crippen LogP) is 0.353. The lowest BCUT2D eigenvalue weighted by molar-refractivity contribution is -0.139. The lowest BCUT2D eigenvalue weighted by Crippen LogP contribution is -2.41. The molecule has 0 bridgehead atoms. The number of amides is 2. The average molecular weight is 144 g/mol. The largest absolute Gasteiger partial charge is 0.341 e. The fourth-order valence-corrected chi connectivity index (χ4v) is 0.882. The zero-order valence-electron chi connectivity index (χ0n) is 6.09. The maximum atomic E-state index is 10.9. The Morgan fingerprint density at radius 3 is 2.90 bits per heavy atom. The van der Waals surface area contributed by atoms with E-state index in [2.05, 4.69) is 5.32 Å². The lowest BCUT2D eigenvalue weighted by atomic mass is 10.3. The van der Waals surface area contributed by atoms with Crippen LogP contribution in [-0.4, -0.2) is 31.3 Å². The van der Waals surface area contributed by atoms with Gasteiger partial charge < -0.3 is 5.32 Å². The van der Waals surface area contributed by atoms with E-state index in [1.165, 1.54) is 5.06 Å². The van der Waals surface area contributed by atoms with Crippen LogP contribution in [0.25, 0.3) is 0 Å². The van der Waals surface area contributed by atoms with Gasteiger partial charge in [0.05, 0.1) is 13.2 Å². The molecule has 0 spiro atoms. The SMILES string of the molecule is CNC(=O)N1CCCCO1. The highest BCUT2D eigenvalue weighted by molar-refractivity contribution is 5.72. The minimum absolute atomic E-state index is 0.153. The first-order chi connectivity index (χ1) is 4.84. The molecule has 10 heavy (non-hydrogen) atoms. The fraction of sp³-hybridized carbons (Fsp3) is 0.833. The summed E-state index contributed by atoms with van der Waals surface area (Å²) in [5.41, 5.74) is 0. The third-order valence-corrected chi connectivity index (χ3v) is 1.44. The van der Waals surface area contributed by atoms with Gasteiger partial charge >= 0.3 is 6.03 Å². The van der Waals surface area contributed by atoms with Gasteiger partial charge in [-0.1, -0.05) is 0 Å². The highest BCUT2D eigenvalue weighted by atomic mass is 16.7. The number of hydrogen-bond donors (Lipinski definition) is 1. The molecule has 1 aliphatic rings. The van der Waals surface area contributed by atoms with E-state index in [-0.39, 0.29) is 6.03 Å². The molecule has 0 atom stereocenters. The van der Waals surface area contributed by atoms with Gasteiger partial charge in [0.15, 0.2) is 0 Å². The van der Waals surface area contributed by atoms with E-state index in [1.54, 1.807) is 7.05 Å². The van der Waals surface area contributed by atoms with Crippen LogP contribution in [0.2, 0.25) is 0 Å². The number of rotatable bonds is 0. The summed E-state index contributed by atoms with van der Waals surface area (Å²) in [5, 5.41) is 3.86. The molecule has 0 aromatic carbocycles. The molecule has 2 amide bonds. The van der Waals surface area contributed by atoms with Crippen LogP contribution in [0, 0.1) is 0 Å². The molecule has 1 heterocycles. The Kier molecular flexibility index (Phi) is 2.50. The smallest absolute Gasteiger partial charge is 0.339 e. The minimum Gasteiger partial charge on any atom is -0.339 e. The maximum Gasteiger partial charge on any atom is 0.341 e. The molecule has 1 N–H and O–H groups in total. The molecular formula is C6H12N2O2. The number of carbonyl (C=O) groups excluding carboxylic acids is 1. The van der Waals surface area contributed by atoms with Crippen LogP contribution in [0.15, 0.2) is 0 Å². The summed E-state index contributed by atoms with van der Waals surface area (Å²) in [4.78, 5) is 15.9. The van der Waals surface area contributed by atoms with E-state index < -0.39 is 0 Å². The summed E-state index contributed by atoms with van der Waals surface area (Å²) in [7, 11) is 1.60. The molecular weight excluding hydrogens is 132 g/mol. The van der Waals surface area contributed by atoms with Crippen molar-refractivity contribution in [3.63, 3.8) is 0 Å². The summed E-state index contributed by atoms with van der Waals surface area (Å²) in [5.74, 6) is 0. The Labute approximate surface area is 60.1 Å². The summed E-state index contributed by atoms with van der Waals surface area (Å²) < 4.78 is 0. The minimum atomic E-state index is -0.153. The Bertz CT molecular complexity index is 121. The second kappa shape index (κ2) is 3.41. The van der Waals surface area contributed by atoms with Crippen LogP contribution >= 0.6 is 0 Å². The van der Waals surface area contributed by atoms with E-state index in [1.807, 2.05) is 0 Å². The van der Waals surface area contributed by atoms with Crippen LogP contribution in [0.1, 0.15) is 12.8 Å². The molecule has 0 radical (unpaired) electrons. The summed E-state index contributed by atoms with van der Waals surface area (Å²) in [6.45, 7) is 1.37. The topological polar surface area (TPSA) is 41.6 Å². The first kappa shape index (κ1) is 7.34. The summed E-state index contributed by atoms with van der Waals surface area (Å²) in [6, 6.07) is -0.153. The van der Waals surface area contributed by atoms with Gasteiger partial charge in [0.1, 0.15) is 0 Å². The van der Waals surface area contributed by atoms with E-state index in [9.17, 15) is 4.79 Å². The van der Waals surface area contributed by atoms with E-state index in [0.29, 0.717) is 13.2 Å². The number of carbonyl (C=O) groups is 1. The van der Waals surface area contributed by atoms with Gasteiger partial charge in [-0.2, -0.15) is 0 Å². The summed E-state index contributed by atoms with van der Waals surface area (Å²) in [6.07, 6.45) is 2.08. The maximum absolute atomic E-state index is 10.9. The lowest BCUT2D eigenvalue weighted by Gasteiger charge is -2.24. The van der Waals surface area contributed by atoms with Gasteiger partial charge in [-0.3, -0.25) is 4.84 Å². The van der Waals surface area contributed by atoms with E-state index in [0.717, 1.165) is 12.8 Å². The molecule has 1 rings (SSSR count). The van der Waals surface area contributed by atoms with Crippen molar-refractivity contribution in [1.82, 2.24) is 10.4 Å². The quantitative estimate of drug-likeness (QED) is 0.533. The van der Waals surface area contributed by atoms with Crippen LogP contribution in [-0.2, 0) is 4.84 Å². The Morgan fingerprint density at radius 1 is 1.60 bits per heavy atom. The van der Waals surface area contributed by atoms with Crippen molar-refractivity contribution in [2.75, 3.05) is 20.2 Å². The third-order valence-electron chi connectivity index (χ3n) is 1.44. The van der Waals surface area contributed by atoms with Crippen LogP contribution < -0.4 is 5.32 Å². The first-order valence-corrected chi connectivity index (χ1v) is 3.47. The molecule has 1 aliphatic heterocycles. The second-order valence-electron chi connectivity index (χ2n) is 2.20. The molecule has 0 unspecified atom stereocenters. The van der Waals surface area contributed by atoms with E-state index in [4.69, 9.17) is 4.84 Å². The molecule has 4 heteroatoms. The Morgan fingerprint density at radius 2 is 2.40 bits per heavy atom. The van der Waals surface area contributed by atoms with Gasteiger partial charge in [0, 0.05) is 7.05 Å². The normalized spacial score (nSPS) is 18.7. The first-order valence-electron chi connectivity index (χ1n) is 3.47. The molecule has 0 saturated carbocycles. The molecule has 4 nitrogen and oxygen atoms in total. The number of hydroxylamine groups is 2. The van der Waals surface area contributed by atoms with Gasteiger partial charge in [-0.25, -0.2) is 9.86 Å². The molecule has 0 aromatic heterocycles. The second-order valence-corrected chi connectivity index (χ2v) is 2.20. The molecule has 1 fully saturated rings. The molecule has 1 saturated heterocycles. The van der Waals surface area contributed by atoms with Crippen molar-refractivity contribution >= 4 is 6.03 Å². The van der Waals surface area contributed by atoms with Crippen molar-refractivity contribution < 1.29 is 9.63 Å². The van der Waals surface area contributed by atoms with Gasteiger partial charge in [-0.05, 0) is 12.8 Å². The standard InChI is InChI=1S/C6H12N2O2/c1-7-6(9)8-4-2-3-5-10-8/h2-5H2,1H3,(H,7,9). The molecule has 0 aromatic rings. The monoisotopic (exact) mass is 144 g/mol. The van der Waals surface area contributed by atoms with Gasteiger partial charge in [0.25, 0.3) is 0 Å². The van der Waals surface area contributed by atoms with Crippen LogP contribution in [0.4, 0.5) is 4.79 Å². The number of nitrogens with zero attached hydrogens (tertiary/aromatic N) is 1. The van der Waals surface area contributed by atoms with Crippen molar-refractivity contribution in [2.24, 2.45) is 0 Å². The van der Waals surface area contributed by atoms with Gasteiger partial charge in [-0.15, -0.1) is 0 Å². The predicted molar refractivity (Wildman–Crippen MR) is 36.3 cm³/mol. The van der Waals surface area contributed by atoms with Crippen LogP contribution in [0.3, 0.4) is 0 Å². The number of urea groups is 1. The third kappa shape index (κ3) is 1.60. The van der Waals surface area contributed by atoms with E-state index >= 15 is 0 Å².